The average Bonchev–Trinajstić information content (AvgIpc) is 3.04. The maximum absolute atomic E-state index is 12.8. The van der Waals surface area contributed by atoms with Crippen LogP contribution in [-0.4, -0.2) is 41.9 Å². The highest BCUT2D eigenvalue weighted by Crippen LogP contribution is 2.15. The number of nitrogens with zero attached hydrogens (tertiary/aromatic N) is 2. The highest BCUT2D eigenvalue weighted by atomic mass is 19.1. The molecular formula is C17H22FN5O. The summed E-state index contributed by atoms with van der Waals surface area (Å²) >= 11 is 0. The molecule has 0 fully saturated rings. The van der Waals surface area contributed by atoms with Crippen LogP contribution in [0, 0.1) is 11.7 Å². The van der Waals surface area contributed by atoms with Crippen LogP contribution in [0.15, 0.2) is 36.5 Å². The summed E-state index contributed by atoms with van der Waals surface area (Å²) in [6.45, 7) is 4.00. The normalized spacial score (nSPS) is 16.3. The number of nitrogens with one attached hydrogen (secondary N) is 3. The van der Waals surface area contributed by atoms with Gasteiger partial charge < -0.3 is 16.0 Å². The summed E-state index contributed by atoms with van der Waals surface area (Å²) < 4.78 is 14.8. The molecule has 3 N–H and O–H groups in total. The molecule has 128 valence electrons. The van der Waals surface area contributed by atoms with Gasteiger partial charge in [0.25, 0.3) is 0 Å². The molecule has 0 aliphatic carbocycles. The highest BCUT2D eigenvalue weighted by molar-refractivity contribution is 5.78. The number of hydrogen-bond donors (Lipinski definition) is 3. The first-order valence-corrected chi connectivity index (χ1v) is 8.18. The maximum Gasteiger partial charge on any atom is 0.224 e. The van der Waals surface area contributed by atoms with Gasteiger partial charge in [-0.2, -0.15) is 5.10 Å². The summed E-state index contributed by atoms with van der Waals surface area (Å²) in [5, 5.41) is 13.8. The molecule has 1 aromatic heterocycles. The lowest BCUT2D eigenvalue weighted by Gasteiger charge is -2.25. The summed E-state index contributed by atoms with van der Waals surface area (Å²) in [6.07, 6.45) is 2.07. The average molecular weight is 331 g/mol. The second kappa shape index (κ2) is 7.92. The number of hydrogen-bond acceptors (Lipinski definition) is 4. The van der Waals surface area contributed by atoms with Gasteiger partial charge in [-0.1, -0.05) is 12.1 Å². The monoisotopic (exact) mass is 331 g/mol. The zero-order valence-corrected chi connectivity index (χ0v) is 13.5. The number of fused-ring (bicyclic) bond motifs is 1. The van der Waals surface area contributed by atoms with Gasteiger partial charge in [-0.15, -0.1) is 0 Å². The number of carbonyl (C=O) groups is 1. The van der Waals surface area contributed by atoms with Gasteiger partial charge in [-0.3, -0.25) is 4.79 Å². The van der Waals surface area contributed by atoms with Crippen molar-refractivity contribution < 1.29 is 9.18 Å². The summed E-state index contributed by atoms with van der Waals surface area (Å²) in [4.78, 5) is 11.8. The Balaban J connectivity index is 1.29. The van der Waals surface area contributed by atoms with E-state index in [1.165, 1.54) is 12.1 Å². The number of aromatic nitrogens is 2. The van der Waals surface area contributed by atoms with Crippen LogP contribution < -0.4 is 16.0 Å². The Labute approximate surface area is 140 Å². The van der Waals surface area contributed by atoms with E-state index in [1.807, 2.05) is 10.7 Å². The van der Waals surface area contributed by atoms with Crippen LogP contribution in [-0.2, 0) is 17.8 Å². The topological polar surface area (TPSA) is 71.0 Å². The summed E-state index contributed by atoms with van der Waals surface area (Å²) in [5.74, 6) is 1.21. The molecule has 0 saturated heterocycles. The Morgan fingerprint density at radius 1 is 1.29 bits per heavy atom. The molecule has 1 aliphatic heterocycles. The van der Waals surface area contributed by atoms with Gasteiger partial charge in [-0.25, -0.2) is 9.07 Å². The van der Waals surface area contributed by atoms with Crippen molar-refractivity contribution in [2.24, 2.45) is 5.92 Å². The van der Waals surface area contributed by atoms with Crippen LogP contribution in [0.4, 0.5) is 10.2 Å². The summed E-state index contributed by atoms with van der Waals surface area (Å²) in [7, 11) is 0. The lowest BCUT2D eigenvalue weighted by Crippen LogP contribution is -2.38. The lowest BCUT2D eigenvalue weighted by atomic mass is 10.1. The predicted octanol–water partition coefficient (Wildman–Crippen LogP) is 1.01. The molecular weight excluding hydrogens is 309 g/mol. The van der Waals surface area contributed by atoms with E-state index in [0.29, 0.717) is 12.5 Å². The first-order valence-electron chi connectivity index (χ1n) is 8.18. The molecule has 0 saturated carbocycles. The van der Waals surface area contributed by atoms with E-state index in [0.717, 1.165) is 37.6 Å². The van der Waals surface area contributed by atoms with Gasteiger partial charge in [0.2, 0.25) is 5.91 Å². The zero-order valence-electron chi connectivity index (χ0n) is 13.5. The molecule has 24 heavy (non-hydrogen) atoms. The second-order valence-corrected chi connectivity index (χ2v) is 6.00. The fraction of sp³-hybridized carbons (Fsp3) is 0.412. The Morgan fingerprint density at radius 3 is 2.96 bits per heavy atom. The van der Waals surface area contributed by atoms with Gasteiger partial charge in [0.15, 0.2) is 0 Å². The van der Waals surface area contributed by atoms with Crippen LogP contribution in [0.1, 0.15) is 5.56 Å². The van der Waals surface area contributed by atoms with Crippen molar-refractivity contribution in [2.45, 2.75) is 13.0 Å². The minimum atomic E-state index is -0.289. The molecule has 1 aliphatic rings. The SMILES string of the molecule is O=C(Cc1ccc(F)cc1)NCCNC[C@@H]1CNc2ccnn2C1. The van der Waals surface area contributed by atoms with Crippen molar-refractivity contribution >= 4 is 11.7 Å². The fourth-order valence-corrected chi connectivity index (χ4v) is 2.77. The van der Waals surface area contributed by atoms with Crippen molar-refractivity contribution in [1.82, 2.24) is 20.4 Å². The Hall–Kier alpha value is -2.41. The molecule has 6 nitrogen and oxygen atoms in total. The first kappa shape index (κ1) is 16.4. The molecule has 2 aromatic rings. The third kappa shape index (κ3) is 4.55. The predicted molar refractivity (Wildman–Crippen MR) is 90.2 cm³/mol. The van der Waals surface area contributed by atoms with Gasteiger partial charge in [0, 0.05) is 44.7 Å². The third-order valence-electron chi connectivity index (χ3n) is 4.05. The quantitative estimate of drug-likeness (QED) is 0.662. The number of carbonyl (C=O) groups excluding carboxylic acids is 1. The number of benzene rings is 1. The molecule has 1 aromatic carbocycles. The number of halogens is 1. The Kier molecular flexibility index (Phi) is 5.43. The number of rotatable bonds is 7. The Morgan fingerprint density at radius 2 is 2.12 bits per heavy atom. The minimum absolute atomic E-state index is 0.0519. The van der Waals surface area contributed by atoms with E-state index in [9.17, 15) is 9.18 Å². The van der Waals surface area contributed by atoms with Crippen LogP contribution in [0.25, 0.3) is 0 Å². The largest absolute Gasteiger partial charge is 0.370 e. The summed E-state index contributed by atoms with van der Waals surface area (Å²) in [6, 6.07) is 7.97. The number of anilines is 1. The standard InChI is InChI=1S/C17H22FN5O/c18-15-3-1-13(2-4-15)9-17(24)20-8-7-19-10-14-11-21-16-5-6-22-23(16)12-14/h1-6,14,19,21H,7-12H2,(H,20,24)/t14-/m1/s1. The van der Waals surface area contributed by atoms with E-state index in [2.05, 4.69) is 21.0 Å². The van der Waals surface area contributed by atoms with Gasteiger partial charge >= 0.3 is 0 Å². The van der Waals surface area contributed by atoms with E-state index in [-0.39, 0.29) is 18.1 Å². The van der Waals surface area contributed by atoms with Crippen LogP contribution >= 0.6 is 0 Å². The van der Waals surface area contributed by atoms with E-state index < -0.39 is 0 Å². The van der Waals surface area contributed by atoms with Crippen molar-refractivity contribution in [2.75, 3.05) is 31.5 Å². The van der Waals surface area contributed by atoms with Crippen LogP contribution in [0.2, 0.25) is 0 Å². The van der Waals surface area contributed by atoms with E-state index in [4.69, 9.17) is 0 Å². The molecule has 0 bridgehead atoms. The van der Waals surface area contributed by atoms with E-state index >= 15 is 0 Å². The number of amides is 1. The van der Waals surface area contributed by atoms with Crippen LogP contribution in [0.5, 0.6) is 0 Å². The minimum Gasteiger partial charge on any atom is -0.370 e. The molecule has 0 unspecified atom stereocenters. The molecule has 1 atom stereocenters. The molecule has 3 rings (SSSR count). The third-order valence-corrected chi connectivity index (χ3v) is 4.05. The van der Waals surface area contributed by atoms with Crippen molar-refractivity contribution in [1.29, 1.82) is 0 Å². The maximum atomic E-state index is 12.8. The lowest BCUT2D eigenvalue weighted by molar-refractivity contribution is -0.120. The highest BCUT2D eigenvalue weighted by Gasteiger charge is 2.17. The molecule has 7 heteroatoms. The van der Waals surface area contributed by atoms with Crippen LogP contribution in [0.3, 0.4) is 0 Å². The first-order chi connectivity index (χ1) is 11.7. The fourth-order valence-electron chi connectivity index (χ4n) is 2.77. The molecule has 0 radical (unpaired) electrons. The summed E-state index contributed by atoms with van der Waals surface area (Å²) in [5.41, 5.74) is 0.810. The van der Waals surface area contributed by atoms with Crippen molar-refractivity contribution in [3.8, 4) is 0 Å². The molecule has 2 heterocycles. The molecule has 0 spiro atoms. The van der Waals surface area contributed by atoms with Gasteiger partial charge in [0.1, 0.15) is 11.6 Å². The molecule has 1 amide bonds. The zero-order chi connectivity index (χ0) is 16.8. The van der Waals surface area contributed by atoms with E-state index in [1.54, 1.807) is 18.3 Å². The van der Waals surface area contributed by atoms with Crippen molar-refractivity contribution in [3.63, 3.8) is 0 Å². The van der Waals surface area contributed by atoms with Gasteiger partial charge in [-0.05, 0) is 17.7 Å². The smallest absolute Gasteiger partial charge is 0.224 e. The Bertz CT molecular complexity index is 670. The van der Waals surface area contributed by atoms with Gasteiger partial charge in [0.05, 0.1) is 12.6 Å². The van der Waals surface area contributed by atoms with Crippen molar-refractivity contribution in [3.05, 3.63) is 47.9 Å². The second-order valence-electron chi connectivity index (χ2n) is 6.00.